The van der Waals surface area contributed by atoms with Gasteiger partial charge in [0, 0.05) is 6.42 Å². The number of carbonyl (C=O) groups excluding carboxylic acids is 1. The van der Waals surface area contributed by atoms with Crippen molar-refractivity contribution in [2.75, 3.05) is 6.61 Å². The highest BCUT2D eigenvalue weighted by Gasteiger charge is 2.41. The first-order chi connectivity index (χ1) is 9.03. The minimum absolute atomic E-state index is 0.0217. The van der Waals surface area contributed by atoms with Crippen LogP contribution in [0.1, 0.15) is 37.3 Å². The van der Waals surface area contributed by atoms with Crippen LogP contribution in [0.3, 0.4) is 0 Å². The lowest BCUT2D eigenvalue weighted by Gasteiger charge is -2.28. The van der Waals surface area contributed by atoms with Crippen molar-refractivity contribution in [2.24, 2.45) is 5.92 Å². The molecule has 3 heteroatoms. The summed E-state index contributed by atoms with van der Waals surface area (Å²) in [5, 5.41) is 12.5. The predicted molar refractivity (Wildman–Crippen MR) is 75.9 cm³/mol. The van der Waals surface area contributed by atoms with Crippen LogP contribution in [0.2, 0.25) is 0 Å². The quantitative estimate of drug-likeness (QED) is 0.825. The van der Waals surface area contributed by atoms with Gasteiger partial charge in [0.05, 0.1) is 12.1 Å². The summed E-state index contributed by atoms with van der Waals surface area (Å²) in [4.78, 5) is 12.0. The third-order valence-electron chi connectivity index (χ3n) is 3.96. The summed E-state index contributed by atoms with van der Waals surface area (Å²) in [5.74, 6) is 0.477. The van der Waals surface area contributed by atoms with E-state index in [-0.39, 0.29) is 12.5 Å². The van der Waals surface area contributed by atoms with E-state index >= 15 is 0 Å². The molecule has 104 valence electrons. The van der Waals surface area contributed by atoms with Crippen molar-refractivity contribution in [1.29, 1.82) is 0 Å². The number of aliphatic hydroxyl groups excluding tert-OH is 1. The highest BCUT2D eigenvalue weighted by Crippen LogP contribution is 2.39. The summed E-state index contributed by atoms with van der Waals surface area (Å²) in [6, 6.07) is 8.23. The van der Waals surface area contributed by atoms with Crippen molar-refractivity contribution in [2.45, 2.75) is 45.1 Å². The number of hydrogen-bond acceptors (Lipinski definition) is 2. The summed E-state index contributed by atoms with van der Waals surface area (Å²) in [6.45, 7) is 4.02. The molecule has 2 N–H and O–H groups in total. The van der Waals surface area contributed by atoms with E-state index in [1.54, 1.807) is 0 Å². The van der Waals surface area contributed by atoms with Crippen LogP contribution in [-0.4, -0.2) is 23.2 Å². The second-order valence-electron chi connectivity index (χ2n) is 5.89. The van der Waals surface area contributed by atoms with Crippen LogP contribution in [0.25, 0.3) is 0 Å². The molecule has 0 radical (unpaired) electrons. The lowest BCUT2D eigenvalue weighted by molar-refractivity contribution is -0.123. The molecule has 19 heavy (non-hydrogen) atoms. The van der Waals surface area contributed by atoms with E-state index in [1.807, 2.05) is 19.1 Å². The monoisotopic (exact) mass is 261 g/mol. The molecule has 1 aliphatic rings. The van der Waals surface area contributed by atoms with Crippen LogP contribution in [0.15, 0.2) is 24.3 Å². The van der Waals surface area contributed by atoms with Crippen molar-refractivity contribution >= 4 is 5.91 Å². The van der Waals surface area contributed by atoms with E-state index < -0.39 is 5.54 Å². The lowest BCUT2D eigenvalue weighted by atomic mass is 9.96. The number of hydrogen-bond donors (Lipinski definition) is 2. The molecule has 1 amide bonds. The van der Waals surface area contributed by atoms with Crippen molar-refractivity contribution in [3.8, 4) is 0 Å². The Morgan fingerprint density at radius 2 is 2.21 bits per heavy atom. The molecule has 0 aromatic heterocycles. The molecule has 2 rings (SSSR count). The van der Waals surface area contributed by atoms with Gasteiger partial charge < -0.3 is 10.4 Å². The largest absolute Gasteiger partial charge is 0.394 e. The Balaban J connectivity index is 1.84. The topological polar surface area (TPSA) is 49.3 Å². The molecule has 0 heterocycles. The fourth-order valence-corrected chi connectivity index (χ4v) is 2.50. The molecular formula is C16H23NO2. The van der Waals surface area contributed by atoms with E-state index in [4.69, 9.17) is 0 Å². The SMILES string of the molecule is Cc1cccc(CCC(=O)NC(C)(CO)C2CC2)c1. The van der Waals surface area contributed by atoms with Crippen LogP contribution >= 0.6 is 0 Å². The predicted octanol–water partition coefficient (Wildman–Crippen LogP) is 2.20. The van der Waals surface area contributed by atoms with Gasteiger partial charge in [-0.1, -0.05) is 29.8 Å². The summed E-state index contributed by atoms with van der Waals surface area (Å²) >= 11 is 0. The fourth-order valence-electron chi connectivity index (χ4n) is 2.50. The average Bonchev–Trinajstić information content (AvgIpc) is 3.21. The molecule has 0 aliphatic heterocycles. The molecular weight excluding hydrogens is 238 g/mol. The molecule has 0 bridgehead atoms. The summed E-state index contributed by atoms with van der Waals surface area (Å²) in [6.07, 6.45) is 3.44. The third kappa shape index (κ3) is 3.80. The Hall–Kier alpha value is -1.35. The van der Waals surface area contributed by atoms with Gasteiger partial charge in [-0.05, 0) is 44.6 Å². The van der Waals surface area contributed by atoms with Gasteiger partial charge in [-0.3, -0.25) is 4.79 Å². The molecule has 0 spiro atoms. The van der Waals surface area contributed by atoms with Crippen LogP contribution < -0.4 is 5.32 Å². The maximum atomic E-state index is 12.0. The van der Waals surface area contributed by atoms with Gasteiger partial charge in [-0.25, -0.2) is 0 Å². The van der Waals surface area contributed by atoms with Crippen LogP contribution in [0.4, 0.5) is 0 Å². The normalized spacial score (nSPS) is 17.8. The number of rotatable bonds is 6. The molecule has 1 atom stereocenters. The number of nitrogens with one attached hydrogen (secondary N) is 1. The fraction of sp³-hybridized carbons (Fsp3) is 0.562. The molecule has 3 nitrogen and oxygen atoms in total. The minimum Gasteiger partial charge on any atom is -0.394 e. The number of amides is 1. The summed E-state index contributed by atoms with van der Waals surface area (Å²) in [5.41, 5.74) is 1.98. The van der Waals surface area contributed by atoms with Crippen LogP contribution in [0, 0.1) is 12.8 Å². The molecule has 1 aromatic carbocycles. The molecule has 1 saturated carbocycles. The summed E-state index contributed by atoms with van der Waals surface area (Å²) in [7, 11) is 0. The first kappa shape index (κ1) is 14.1. The summed E-state index contributed by atoms with van der Waals surface area (Å²) < 4.78 is 0. The number of benzene rings is 1. The Morgan fingerprint density at radius 3 is 2.79 bits per heavy atom. The van der Waals surface area contributed by atoms with E-state index in [0.717, 1.165) is 19.3 Å². The zero-order valence-electron chi connectivity index (χ0n) is 11.8. The maximum absolute atomic E-state index is 12.0. The Bertz CT molecular complexity index is 454. The maximum Gasteiger partial charge on any atom is 0.220 e. The average molecular weight is 261 g/mol. The van der Waals surface area contributed by atoms with Crippen molar-refractivity contribution in [3.05, 3.63) is 35.4 Å². The standard InChI is InChI=1S/C16H23NO2/c1-12-4-3-5-13(10-12)6-9-15(19)17-16(2,11-18)14-7-8-14/h3-5,10,14,18H,6-9,11H2,1-2H3,(H,17,19). The highest BCUT2D eigenvalue weighted by atomic mass is 16.3. The Morgan fingerprint density at radius 1 is 1.47 bits per heavy atom. The number of aryl methyl sites for hydroxylation is 2. The number of aliphatic hydroxyl groups is 1. The molecule has 1 aromatic rings. The van der Waals surface area contributed by atoms with Gasteiger partial charge in [-0.15, -0.1) is 0 Å². The van der Waals surface area contributed by atoms with Crippen molar-refractivity contribution in [1.82, 2.24) is 5.32 Å². The van der Waals surface area contributed by atoms with Crippen LogP contribution in [-0.2, 0) is 11.2 Å². The highest BCUT2D eigenvalue weighted by molar-refractivity contribution is 5.77. The zero-order chi connectivity index (χ0) is 13.9. The molecule has 0 saturated heterocycles. The zero-order valence-corrected chi connectivity index (χ0v) is 11.8. The minimum atomic E-state index is -0.427. The van der Waals surface area contributed by atoms with Gasteiger partial charge in [0.15, 0.2) is 0 Å². The van der Waals surface area contributed by atoms with E-state index in [9.17, 15) is 9.90 Å². The molecule has 1 unspecified atom stereocenters. The van der Waals surface area contributed by atoms with Crippen molar-refractivity contribution < 1.29 is 9.90 Å². The van der Waals surface area contributed by atoms with Gasteiger partial charge in [0.2, 0.25) is 5.91 Å². The van der Waals surface area contributed by atoms with E-state index in [0.29, 0.717) is 12.3 Å². The number of carbonyl (C=O) groups is 1. The second-order valence-corrected chi connectivity index (χ2v) is 5.89. The van der Waals surface area contributed by atoms with E-state index in [2.05, 4.69) is 24.4 Å². The smallest absolute Gasteiger partial charge is 0.220 e. The first-order valence-corrected chi connectivity index (χ1v) is 7.01. The van der Waals surface area contributed by atoms with Crippen LogP contribution in [0.5, 0.6) is 0 Å². The van der Waals surface area contributed by atoms with Gasteiger partial charge in [-0.2, -0.15) is 0 Å². The third-order valence-corrected chi connectivity index (χ3v) is 3.96. The van der Waals surface area contributed by atoms with Crippen molar-refractivity contribution in [3.63, 3.8) is 0 Å². The Labute approximate surface area is 115 Å². The molecule has 1 aliphatic carbocycles. The van der Waals surface area contributed by atoms with E-state index in [1.165, 1.54) is 11.1 Å². The second kappa shape index (κ2) is 5.74. The lowest BCUT2D eigenvalue weighted by Crippen LogP contribution is -2.50. The van der Waals surface area contributed by atoms with Gasteiger partial charge in [0.1, 0.15) is 0 Å². The van der Waals surface area contributed by atoms with Gasteiger partial charge >= 0.3 is 0 Å². The first-order valence-electron chi connectivity index (χ1n) is 7.01. The van der Waals surface area contributed by atoms with Gasteiger partial charge in [0.25, 0.3) is 0 Å². The Kier molecular flexibility index (Phi) is 4.25. The molecule has 1 fully saturated rings.